The molecule has 0 radical (unpaired) electrons. The van der Waals surface area contributed by atoms with Crippen molar-refractivity contribution in [3.8, 4) is 0 Å². The van der Waals surface area contributed by atoms with Gasteiger partial charge in [-0.05, 0) is 39.1 Å². The van der Waals surface area contributed by atoms with E-state index in [0.717, 1.165) is 5.56 Å². The Labute approximate surface area is 90.3 Å². The Morgan fingerprint density at radius 2 is 2.07 bits per heavy atom. The second kappa shape index (κ2) is 5.24. The fourth-order valence-corrected chi connectivity index (χ4v) is 1.72. The van der Waals surface area contributed by atoms with E-state index in [4.69, 9.17) is 5.11 Å². The van der Waals surface area contributed by atoms with Crippen molar-refractivity contribution < 1.29 is 9.50 Å². The van der Waals surface area contributed by atoms with Gasteiger partial charge in [-0.2, -0.15) is 0 Å². The van der Waals surface area contributed by atoms with Crippen LogP contribution >= 0.6 is 0 Å². The predicted octanol–water partition coefficient (Wildman–Crippen LogP) is 2.12. The van der Waals surface area contributed by atoms with Gasteiger partial charge in [-0.15, -0.1) is 0 Å². The minimum atomic E-state index is -0.192. The third kappa shape index (κ3) is 3.01. The van der Waals surface area contributed by atoms with Crippen molar-refractivity contribution in [2.75, 3.05) is 20.7 Å². The predicted molar refractivity (Wildman–Crippen MR) is 59.3 cm³/mol. The number of hydrogen-bond acceptors (Lipinski definition) is 2. The van der Waals surface area contributed by atoms with Gasteiger partial charge < -0.3 is 10.0 Å². The molecule has 1 N–H and O–H groups in total. The maximum absolute atomic E-state index is 13.7. The van der Waals surface area contributed by atoms with Crippen molar-refractivity contribution in [1.82, 2.24) is 4.90 Å². The van der Waals surface area contributed by atoms with Crippen LogP contribution in [0.25, 0.3) is 0 Å². The molecule has 0 saturated carbocycles. The summed E-state index contributed by atoms with van der Waals surface area (Å²) in [5.41, 5.74) is 1.57. The summed E-state index contributed by atoms with van der Waals surface area (Å²) in [6.45, 7) is 1.93. The second-order valence-corrected chi connectivity index (χ2v) is 4.02. The lowest BCUT2D eigenvalue weighted by atomic mass is 10.0. The van der Waals surface area contributed by atoms with E-state index in [-0.39, 0.29) is 18.5 Å². The first-order valence-corrected chi connectivity index (χ1v) is 5.09. The molecule has 0 aliphatic carbocycles. The van der Waals surface area contributed by atoms with Crippen LogP contribution in [0.5, 0.6) is 0 Å². The van der Waals surface area contributed by atoms with Gasteiger partial charge in [0.1, 0.15) is 5.82 Å². The van der Waals surface area contributed by atoms with Crippen molar-refractivity contribution in [3.63, 3.8) is 0 Å². The molecule has 0 saturated heterocycles. The Morgan fingerprint density at radius 1 is 1.40 bits per heavy atom. The average molecular weight is 211 g/mol. The highest BCUT2D eigenvalue weighted by molar-refractivity contribution is 5.26. The van der Waals surface area contributed by atoms with E-state index >= 15 is 0 Å². The van der Waals surface area contributed by atoms with Crippen molar-refractivity contribution in [2.45, 2.75) is 19.4 Å². The molecule has 1 aromatic rings. The van der Waals surface area contributed by atoms with Gasteiger partial charge in [0.05, 0.1) is 0 Å². The molecule has 0 aromatic heterocycles. The Hall–Kier alpha value is -0.930. The molecule has 0 heterocycles. The van der Waals surface area contributed by atoms with Gasteiger partial charge in [0, 0.05) is 18.2 Å². The molecule has 15 heavy (non-hydrogen) atoms. The van der Waals surface area contributed by atoms with E-state index in [9.17, 15) is 4.39 Å². The lowest BCUT2D eigenvalue weighted by Gasteiger charge is -2.24. The standard InChI is InChI=1S/C12H18FNO/c1-9-4-5-10(11(13)8-9)12(6-7-15)14(2)3/h4-5,8,12,15H,6-7H2,1-3H3. The molecule has 0 bridgehead atoms. The minimum Gasteiger partial charge on any atom is -0.396 e. The van der Waals surface area contributed by atoms with Crippen LogP contribution in [-0.2, 0) is 0 Å². The van der Waals surface area contributed by atoms with Crippen molar-refractivity contribution in [2.24, 2.45) is 0 Å². The molecule has 1 rings (SSSR count). The zero-order valence-electron chi connectivity index (χ0n) is 9.50. The van der Waals surface area contributed by atoms with E-state index in [1.54, 1.807) is 6.07 Å². The normalized spacial score (nSPS) is 13.2. The molecule has 0 spiro atoms. The van der Waals surface area contributed by atoms with Crippen LogP contribution in [0.2, 0.25) is 0 Å². The first kappa shape index (κ1) is 12.1. The van der Waals surface area contributed by atoms with Crippen LogP contribution in [0.15, 0.2) is 18.2 Å². The Bertz CT molecular complexity index is 325. The lowest BCUT2D eigenvalue weighted by molar-refractivity contribution is 0.207. The van der Waals surface area contributed by atoms with Crippen LogP contribution < -0.4 is 0 Å². The zero-order valence-corrected chi connectivity index (χ0v) is 9.50. The van der Waals surface area contributed by atoms with E-state index in [2.05, 4.69) is 0 Å². The van der Waals surface area contributed by atoms with Gasteiger partial charge >= 0.3 is 0 Å². The first-order valence-electron chi connectivity index (χ1n) is 5.09. The van der Waals surface area contributed by atoms with Crippen molar-refractivity contribution in [1.29, 1.82) is 0 Å². The number of aryl methyl sites for hydroxylation is 1. The Kier molecular flexibility index (Phi) is 4.24. The average Bonchev–Trinajstić information content (AvgIpc) is 2.15. The zero-order chi connectivity index (χ0) is 11.4. The van der Waals surface area contributed by atoms with Crippen molar-refractivity contribution in [3.05, 3.63) is 35.1 Å². The highest BCUT2D eigenvalue weighted by Gasteiger charge is 2.17. The molecule has 2 nitrogen and oxygen atoms in total. The number of aliphatic hydroxyl groups excluding tert-OH is 1. The van der Waals surface area contributed by atoms with Gasteiger partial charge in [0.15, 0.2) is 0 Å². The van der Waals surface area contributed by atoms with Gasteiger partial charge in [0.2, 0.25) is 0 Å². The molecule has 0 aliphatic heterocycles. The van der Waals surface area contributed by atoms with Crippen molar-refractivity contribution >= 4 is 0 Å². The Morgan fingerprint density at radius 3 is 2.53 bits per heavy atom. The summed E-state index contributed by atoms with van der Waals surface area (Å²) in [6, 6.07) is 5.16. The molecule has 3 heteroatoms. The number of rotatable bonds is 4. The maximum Gasteiger partial charge on any atom is 0.128 e. The fourth-order valence-electron chi connectivity index (χ4n) is 1.72. The number of benzene rings is 1. The third-order valence-electron chi connectivity index (χ3n) is 2.54. The molecule has 0 amide bonds. The van der Waals surface area contributed by atoms with E-state index in [0.29, 0.717) is 12.0 Å². The van der Waals surface area contributed by atoms with Gasteiger partial charge in [0.25, 0.3) is 0 Å². The van der Waals surface area contributed by atoms with Crippen LogP contribution in [0, 0.1) is 12.7 Å². The van der Waals surface area contributed by atoms with Gasteiger partial charge in [-0.25, -0.2) is 4.39 Å². The van der Waals surface area contributed by atoms with E-state index in [1.165, 1.54) is 6.07 Å². The number of hydrogen-bond donors (Lipinski definition) is 1. The molecule has 1 aromatic carbocycles. The largest absolute Gasteiger partial charge is 0.396 e. The summed E-state index contributed by atoms with van der Waals surface area (Å²) >= 11 is 0. The number of nitrogens with zero attached hydrogens (tertiary/aromatic N) is 1. The number of aliphatic hydroxyl groups is 1. The molecule has 1 atom stereocenters. The maximum atomic E-state index is 13.7. The van der Waals surface area contributed by atoms with Crippen LogP contribution in [0.4, 0.5) is 4.39 Å². The molecule has 84 valence electrons. The fraction of sp³-hybridized carbons (Fsp3) is 0.500. The minimum absolute atomic E-state index is 0.0596. The third-order valence-corrected chi connectivity index (χ3v) is 2.54. The SMILES string of the molecule is Cc1ccc(C(CCO)N(C)C)c(F)c1. The smallest absolute Gasteiger partial charge is 0.128 e. The summed E-state index contributed by atoms with van der Waals surface area (Å²) in [6.07, 6.45) is 0.549. The lowest BCUT2D eigenvalue weighted by Crippen LogP contribution is -2.22. The highest BCUT2D eigenvalue weighted by Crippen LogP contribution is 2.24. The van der Waals surface area contributed by atoms with E-state index in [1.807, 2.05) is 32.0 Å². The second-order valence-electron chi connectivity index (χ2n) is 4.02. The van der Waals surface area contributed by atoms with Gasteiger partial charge in [-0.1, -0.05) is 12.1 Å². The monoisotopic (exact) mass is 211 g/mol. The van der Waals surface area contributed by atoms with Crippen LogP contribution in [0.1, 0.15) is 23.6 Å². The molecule has 0 fully saturated rings. The summed E-state index contributed by atoms with van der Waals surface area (Å²) in [5, 5.41) is 8.94. The topological polar surface area (TPSA) is 23.5 Å². The summed E-state index contributed by atoms with van der Waals surface area (Å²) < 4.78 is 13.7. The summed E-state index contributed by atoms with van der Waals surface area (Å²) in [7, 11) is 3.78. The van der Waals surface area contributed by atoms with Gasteiger partial charge in [-0.3, -0.25) is 0 Å². The molecule has 0 aliphatic rings. The van der Waals surface area contributed by atoms with Crippen LogP contribution in [-0.4, -0.2) is 30.7 Å². The number of halogens is 1. The first-order chi connectivity index (χ1) is 7.06. The summed E-state index contributed by atoms with van der Waals surface area (Å²) in [4.78, 5) is 1.92. The van der Waals surface area contributed by atoms with E-state index < -0.39 is 0 Å². The molecular formula is C12H18FNO. The molecule has 1 unspecified atom stereocenters. The Balaban J connectivity index is 3.00. The molecular weight excluding hydrogens is 193 g/mol. The quantitative estimate of drug-likeness (QED) is 0.824. The highest BCUT2D eigenvalue weighted by atomic mass is 19.1. The van der Waals surface area contributed by atoms with Crippen LogP contribution in [0.3, 0.4) is 0 Å². The summed E-state index contributed by atoms with van der Waals surface area (Å²) in [5.74, 6) is -0.192.